The van der Waals surface area contributed by atoms with Crippen LogP contribution < -0.4 is 5.32 Å². The summed E-state index contributed by atoms with van der Waals surface area (Å²) >= 11 is 0. The van der Waals surface area contributed by atoms with Crippen LogP contribution in [0.25, 0.3) is 0 Å². The van der Waals surface area contributed by atoms with Gasteiger partial charge in [-0.05, 0) is 38.8 Å². The van der Waals surface area contributed by atoms with Crippen molar-refractivity contribution in [3.8, 4) is 0 Å². The van der Waals surface area contributed by atoms with Gasteiger partial charge in [-0.2, -0.15) is 0 Å². The molecular weight excluding hydrogens is 182 g/mol. The van der Waals surface area contributed by atoms with Crippen molar-refractivity contribution in [1.29, 1.82) is 0 Å². The minimum Gasteiger partial charge on any atom is -0.316 e. The van der Waals surface area contributed by atoms with Crippen LogP contribution in [0.1, 0.15) is 34.1 Å². The zero-order valence-electron chi connectivity index (χ0n) is 10.8. The summed E-state index contributed by atoms with van der Waals surface area (Å²) in [7, 11) is 1.98. The van der Waals surface area contributed by atoms with E-state index in [4.69, 9.17) is 0 Å². The number of likely N-dealkylation sites (N-methyl/N-ethyl adjacent to an activating group) is 1. The molecule has 0 atom stereocenters. The van der Waals surface area contributed by atoms with E-state index in [0.717, 1.165) is 13.0 Å². The quantitative estimate of drug-likeness (QED) is 0.517. The first-order valence-electron chi connectivity index (χ1n) is 5.74. The molecular formula is C14H25N. The van der Waals surface area contributed by atoms with Gasteiger partial charge in [-0.15, -0.1) is 0 Å². The molecule has 0 heterocycles. The van der Waals surface area contributed by atoms with Gasteiger partial charge in [0.2, 0.25) is 0 Å². The van der Waals surface area contributed by atoms with Gasteiger partial charge in [0.05, 0.1) is 0 Å². The molecule has 0 aliphatic heterocycles. The highest BCUT2D eigenvalue weighted by Crippen LogP contribution is 2.12. The molecule has 0 fully saturated rings. The van der Waals surface area contributed by atoms with E-state index in [0.29, 0.717) is 5.92 Å². The van der Waals surface area contributed by atoms with Crippen molar-refractivity contribution >= 4 is 0 Å². The Labute approximate surface area is 95.0 Å². The molecule has 0 aliphatic carbocycles. The summed E-state index contributed by atoms with van der Waals surface area (Å²) in [5.74, 6) is 0.610. The van der Waals surface area contributed by atoms with Gasteiger partial charge in [0.25, 0.3) is 0 Å². The first kappa shape index (κ1) is 14.2. The van der Waals surface area contributed by atoms with E-state index in [1.54, 1.807) is 0 Å². The van der Waals surface area contributed by atoms with Gasteiger partial charge >= 0.3 is 0 Å². The number of allylic oxidation sites excluding steroid dienone is 5. The van der Waals surface area contributed by atoms with E-state index < -0.39 is 0 Å². The Kier molecular flexibility index (Phi) is 8.02. The normalized spacial score (nSPS) is 14.3. The fourth-order valence-electron chi connectivity index (χ4n) is 1.44. The molecule has 0 unspecified atom stereocenters. The van der Waals surface area contributed by atoms with Gasteiger partial charge in [0, 0.05) is 6.54 Å². The summed E-state index contributed by atoms with van der Waals surface area (Å²) in [6, 6.07) is 0. The van der Waals surface area contributed by atoms with E-state index in [1.165, 1.54) is 11.1 Å². The highest BCUT2D eigenvalue weighted by molar-refractivity contribution is 5.21. The first-order valence-corrected chi connectivity index (χ1v) is 5.74. The third-order valence-corrected chi connectivity index (χ3v) is 2.30. The van der Waals surface area contributed by atoms with Crippen LogP contribution in [0.15, 0.2) is 35.5 Å². The second-order valence-corrected chi connectivity index (χ2v) is 4.18. The lowest BCUT2D eigenvalue weighted by Gasteiger charge is -2.05. The smallest absolute Gasteiger partial charge is 0.0158 e. The summed E-state index contributed by atoms with van der Waals surface area (Å²) in [6.45, 7) is 9.67. The van der Waals surface area contributed by atoms with Crippen molar-refractivity contribution in [3.05, 3.63) is 35.5 Å². The largest absolute Gasteiger partial charge is 0.316 e. The predicted molar refractivity (Wildman–Crippen MR) is 70.0 cm³/mol. The van der Waals surface area contributed by atoms with Gasteiger partial charge in [0.15, 0.2) is 0 Å². The van der Waals surface area contributed by atoms with Crippen LogP contribution in [0.5, 0.6) is 0 Å². The Morgan fingerprint density at radius 2 is 1.93 bits per heavy atom. The average Bonchev–Trinajstić information content (AvgIpc) is 2.16. The molecule has 0 aromatic heterocycles. The second kappa shape index (κ2) is 8.49. The zero-order valence-corrected chi connectivity index (χ0v) is 10.8. The number of hydrogen-bond donors (Lipinski definition) is 1. The molecule has 0 aromatic rings. The third kappa shape index (κ3) is 7.15. The zero-order chi connectivity index (χ0) is 11.7. The van der Waals surface area contributed by atoms with Crippen molar-refractivity contribution in [2.24, 2.45) is 5.92 Å². The van der Waals surface area contributed by atoms with Crippen molar-refractivity contribution < 1.29 is 0 Å². The van der Waals surface area contributed by atoms with Gasteiger partial charge in [-0.1, -0.05) is 43.7 Å². The van der Waals surface area contributed by atoms with Gasteiger partial charge in [0.1, 0.15) is 0 Å². The van der Waals surface area contributed by atoms with E-state index in [1.807, 2.05) is 7.05 Å². The van der Waals surface area contributed by atoms with E-state index in [9.17, 15) is 0 Å². The topological polar surface area (TPSA) is 12.0 Å². The molecule has 0 radical (unpaired) electrons. The number of rotatable bonds is 6. The van der Waals surface area contributed by atoms with Crippen molar-refractivity contribution in [2.45, 2.75) is 34.1 Å². The molecule has 0 saturated heterocycles. The van der Waals surface area contributed by atoms with Gasteiger partial charge in [-0.3, -0.25) is 0 Å². The van der Waals surface area contributed by atoms with Gasteiger partial charge in [-0.25, -0.2) is 0 Å². The molecule has 0 bridgehead atoms. The molecule has 0 saturated carbocycles. The van der Waals surface area contributed by atoms with Crippen LogP contribution in [-0.4, -0.2) is 13.6 Å². The summed E-state index contributed by atoms with van der Waals surface area (Å²) in [5, 5.41) is 3.15. The number of nitrogens with one attached hydrogen (secondary N) is 1. The molecule has 15 heavy (non-hydrogen) atoms. The Morgan fingerprint density at radius 3 is 2.40 bits per heavy atom. The standard InChI is InChI=1S/C14H25N/c1-6-8-14(12(2)3)10-7-9-13(4)11-15-5/h6,8-10,12,15H,7,11H2,1-5H3/b8-6-,13-9?,14-10+. The van der Waals surface area contributed by atoms with Crippen LogP contribution in [0, 0.1) is 5.92 Å². The molecule has 86 valence electrons. The Morgan fingerprint density at radius 1 is 1.27 bits per heavy atom. The Balaban J connectivity index is 4.28. The van der Waals surface area contributed by atoms with Crippen LogP contribution >= 0.6 is 0 Å². The third-order valence-electron chi connectivity index (χ3n) is 2.30. The molecule has 0 amide bonds. The van der Waals surface area contributed by atoms with Gasteiger partial charge < -0.3 is 5.32 Å². The molecule has 1 N–H and O–H groups in total. The minimum atomic E-state index is 0.610. The summed E-state index contributed by atoms with van der Waals surface area (Å²) < 4.78 is 0. The van der Waals surface area contributed by atoms with Crippen molar-refractivity contribution in [3.63, 3.8) is 0 Å². The van der Waals surface area contributed by atoms with Crippen LogP contribution in [0.3, 0.4) is 0 Å². The average molecular weight is 207 g/mol. The maximum Gasteiger partial charge on any atom is 0.0158 e. The maximum atomic E-state index is 3.15. The van der Waals surface area contributed by atoms with Crippen LogP contribution in [0.4, 0.5) is 0 Å². The Hall–Kier alpha value is -0.820. The SMILES string of the molecule is C/C=C\C(=C/CC=C(C)CNC)C(C)C. The first-order chi connectivity index (χ1) is 7.11. The summed E-state index contributed by atoms with van der Waals surface area (Å²) in [4.78, 5) is 0. The van der Waals surface area contributed by atoms with Crippen molar-refractivity contribution in [1.82, 2.24) is 5.32 Å². The van der Waals surface area contributed by atoms with Crippen molar-refractivity contribution in [2.75, 3.05) is 13.6 Å². The minimum absolute atomic E-state index is 0.610. The molecule has 1 nitrogen and oxygen atoms in total. The van der Waals surface area contributed by atoms with E-state index >= 15 is 0 Å². The van der Waals surface area contributed by atoms with Crippen LogP contribution in [0.2, 0.25) is 0 Å². The van der Waals surface area contributed by atoms with Crippen LogP contribution in [-0.2, 0) is 0 Å². The van der Waals surface area contributed by atoms with E-state index in [2.05, 4.69) is 57.3 Å². The fraction of sp³-hybridized carbons (Fsp3) is 0.571. The Bertz CT molecular complexity index is 244. The summed E-state index contributed by atoms with van der Waals surface area (Å²) in [6.07, 6.45) is 9.93. The second-order valence-electron chi connectivity index (χ2n) is 4.18. The lowest BCUT2D eigenvalue weighted by molar-refractivity contribution is 0.786. The summed E-state index contributed by atoms with van der Waals surface area (Å²) in [5.41, 5.74) is 2.82. The molecule has 1 heteroatoms. The fourth-order valence-corrected chi connectivity index (χ4v) is 1.44. The monoisotopic (exact) mass is 207 g/mol. The van der Waals surface area contributed by atoms with E-state index in [-0.39, 0.29) is 0 Å². The highest BCUT2D eigenvalue weighted by Gasteiger charge is 1.96. The number of hydrogen-bond acceptors (Lipinski definition) is 1. The maximum absolute atomic E-state index is 3.15. The lowest BCUT2D eigenvalue weighted by Crippen LogP contribution is -2.08. The molecule has 0 aliphatic rings. The highest BCUT2D eigenvalue weighted by atomic mass is 14.8. The molecule has 0 rings (SSSR count). The predicted octanol–water partition coefficient (Wildman–Crippen LogP) is 3.70. The molecule has 0 aromatic carbocycles. The lowest BCUT2D eigenvalue weighted by atomic mass is 10.0. The molecule has 0 spiro atoms.